The minimum atomic E-state index is -3.09. The molecule has 0 radical (unpaired) electrons. The van der Waals surface area contributed by atoms with Crippen molar-refractivity contribution in [3.05, 3.63) is 35.0 Å². The van der Waals surface area contributed by atoms with Crippen LogP contribution >= 0.6 is 11.6 Å². The van der Waals surface area contributed by atoms with Crippen LogP contribution < -0.4 is 0 Å². The molecule has 0 aliphatic carbocycles. The minimum absolute atomic E-state index is 0.0466. The molecule has 1 aromatic carbocycles. The number of para-hydroxylation sites is 1. The van der Waals surface area contributed by atoms with E-state index < -0.39 is 9.84 Å². The maximum Gasteiger partial charge on any atom is 0.156 e. The molecule has 17 heavy (non-hydrogen) atoms. The first kappa shape index (κ1) is 12.5. The molecule has 3 nitrogen and oxygen atoms in total. The van der Waals surface area contributed by atoms with Gasteiger partial charge in [0.1, 0.15) is 0 Å². The second-order valence-electron chi connectivity index (χ2n) is 4.33. The molecule has 0 unspecified atom stereocenters. The highest BCUT2D eigenvalue weighted by molar-refractivity contribution is 7.91. The summed E-state index contributed by atoms with van der Waals surface area (Å²) in [4.78, 5) is 3.02. The van der Waals surface area contributed by atoms with Gasteiger partial charge in [0.2, 0.25) is 0 Å². The Morgan fingerprint density at radius 1 is 1.35 bits per heavy atom. The molecule has 0 aliphatic heterocycles. The number of hydrogen-bond acceptors (Lipinski definition) is 2. The van der Waals surface area contributed by atoms with Gasteiger partial charge >= 0.3 is 0 Å². The van der Waals surface area contributed by atoms with Crippen LogP contribution in [-0.2, 0) is 15.6 Å². The predicted molar refractivity (Wildman–Crippen MR) is 71.1 cm³/mol. The molecule has 1 aromatic heterocycles. The molecule has 0 saturated heterocycles. The molecule has 2 aromatic rings. The smallest absolute Gasteiger partial charge is 0.156 e. The first-order valence-electron chi connectivity index (χ1n) is 5.38. The SMILES string of the molecule is CC(C)S(=O)(=O)Cc1c[nH]c2c(Cl)cccc12. The maximum atomic E-state index is 11.9. The van der Waals surface area contributed by atoms with Crippen molar-refractivity contribution in [1.82, 2.24) is 4.98 Å². The van der Waals surface area contributed by atoms with Crippen LogP contribution in [0, 0.1) is 0 Å². The standard InChI is InChI=1S/C12H14ClNO2S/c1-8(2)17(15,16)7-9-6-14-12-10(9)4-3-5-11(12)13/h3-6,8,14H,7H2,1-2H3. The van der Waals surface area contributed by atoms with Crippen LogP contribution in [-0.4, -0.2) is 18.7 Å². The van der Waals surface area contributed by atoms with Gasteiger partial charge in [-0.1, -0.05) is 23.7 Å². The average Bonchev–Trinajstić information content (AvgIpc) is 2.62. The quantitative estimate of drug-likeness (QED) is 0.932. The number of rotatable bonds is 3. The van der Waals surface area contributed by atoms with Crippen molar-refractivity contribution in [3.63, 3.8) is 0 Å². The van der Waals surface area contributed by atoms with Crippen LogP contribution in [0.15, 0.2) is 24.4 Å². The van der Waals surface area contributed by atoms with Gasteiger partial charge in [0, 0.05) is 11.6 Å². The molecule has 0 atom stereocenters. The van der Waals surface area contributed by atoms with Crippen molar-refractivity contribution in [2.45, 2.75) is 24.9 Å². The lowest BCUT2D eigenvalue weighted by Crippen LogP contribution is -2.15. The highest BCUT2D eigenvalue weighted by atomic mass is 35.5. The van der Waals surface area contributed by atoms with Crippen molar-refractivity contribution in [2.24, 2.45) is 0 Å². The summed E-state index contributed by atoms with van der Waals surface area (Å²) in [5.41, 5.74) is 1.57. The highest BCUT2D eigenvalue weighted by Crippen LogP contribution is 2.26. The van der Waals surface area contributed by atoms with E-state index in [2.05, 4.69) is 4.98 Å². The molecule has 0 bridgehead atoms. The lowest BCUT2D eigenvalue weighted by Gasteiger charge is -2.06. The van der Waals surface area contributed by atoms with Gasteiger partial charge in [-0.2, -0.15) is 0 Å². The Kier molecular flexibility index (Phi) is 3.19. The van der Waals surface area contributed by atoms with E-state index in [1.807, 2.05) is 12.1 Å². The Labute approximate surface area is 106 Å². The molecule has 0 fully saturated rings. The van der Waals surface area contributed by atoms with E-state index in [-0.39, 0.29) is 11.0 Å². The van der Waals surface area contributed by atoms with E-state index in [0.717, 1.165) is 16.5 Å². The van der Waals surface area contributed by atoms with Crippen LogP contribution in [0.4, 0.5) is 0 Å². The largest absolute Gasteiger partial charge is 0.360 e. The number of fused-ring (bicyclic) bond motifs is 1. The number of aromatic nitrogens is 1. The molecule has 0 amide bonds. The summed E-state index contributed by atoms with van der Waals surface area (Å²) in [6.45, 7) is 3.38. The van der Waals surface area contributed by atoms with Crippen molar-refractivity contribution < 1.29 is 8.42 Å². The zero-order chi connectivity index (χ0) is 12.6. The second kappa shape index (κ2) is 4.35. The maximum absolute atomic E-state index is 11.9. The van der Waals surface area contributed by atoms with E-state index in [1.165, 1.54) is 0 Å². The Balaban J connectivity index is 2.48. The van der Waals surface area contributed by atoms with Crippen LogP contribution in [0.5, 0.6) is 0 Å². The second-order valence-corrected chi connectivity index (χ2v) is 7.30. The lowest BCUT2D eigenvalue weighted by atomic mass is 10.2. The summed E-state index contributed by atoms with van der Waals surface area (Å²) in [7, 11) is -3.09. The summed E-state index contributed by atoms with van der Waals surface area (Å²) in [5, 5.41) is 1.11. The van der Waals surface area contributed by atoms with Gasteiger partial charge in [0.15, 0.2) is 9.84 Å². The van der Waals surface area contributed by atoms with Crippen LogP contribution in [0.3, 0.4) is 0 Å². The van der Waals surface area contributed by atoms with Gasteiger partial charge in [-0.15, -0.1) is 0 Å². The van der Waals surface area contributed by atoms with Gasteiger partial charge in [0.05, 0.1) is 21.5 Å². The van der Waals surface area contributed by atoms with E-state index in [9.17, 15) is 8.42 Å². The van der Waals surface area contributed by atoms with Gasteiger partial charge in [-0.25, -0.2) is 8.42 Å². The van der Waals surface area contributed by atoms with Gasteiger partial charge in [-0.3, -0.25) is 0 Å². The van der Waals surface area contributed by atoms with Crippen LogP contribution in [0.1, 0.15) is 19.4 Å². The normalized spacial score (nSPS) is 12.5. The van der Waals surface area contributed by atoms with Crippen molar-refractivity contribution in [1.29, 1.82) is 0 Å². The minimum Gasteiger partial charge on any atom is -0.360 e. The number of sulfone groups is 1. The Morgan fingerprint density at radius 2 is 2.06 bits per heavy atom. The molecule has 1 heterocycles. The molecule has 2 rings (SSSR count). The number of nitrogens with one attached hydrogen (secondary N) is 1. The van der Waals surface area contributed by atoms with E-state index >= 15 is 0 Å². The van der Waals surface area contributed by atoms with Gasteiger partial charge in [0.25, 0.3) is 0 Å². The number of hydrogen-bond donors (Lipinski definition) is 1. The fourth-order valence-corrected chi connectivity index (χ4v) is 2.91. The van der Waals surface area contributed by atoms with Crippen molar-refractivity contribution in [2.75, 3.05) is 0 Å². The third-order valence-electron chi connectivity index (χ3n) is 2.83. The monoisotopic (exact) mass is 271 g/mol. The summed E-state index contributed by atoms with van der Waals surface area (Å²) in [5.74, 6) is 0.0466. The van der Waals surface area contributed by atoms with Crippen LogP contribution in [0.2, 0.25) is 5.02 Å². The van der Waals surface area contributed by atoms with Gasteiger partial charge in [-0.05, 0) is 25.5 Å². The molecular formula is C12H14ClNO2S. The Hall–Kier alpha value is -1.00. The summed E-state index contributed by atoms with van der Waals surface area (Å²) >= 11 is 6.02. The summed E-state index contributed by atoms with van der Waals surface area (Å²) in [6.07, 6.45) is 1.72. The molecule has 5 heteroatoms. The average molecular weight is 272 g/mol. The van der Waals surface area contributed by atoms with E-state index in [1.54, 1.807) is 26.1 Å². The highest BCUT2D eigenvalue weighted by Gasteiger charge is 2.19. The molecule has 0 aliphatic rings. The Morgan fingerprint density at radius 3 is 2.71 bits per heavy atom. The van der Waals surface area contributed by atoms with Gasteiger partial charge < -0.3 is 4.98 Å². The lowest BCUT2D eigenvalue weighted by molar-refractivity contribution is 0.586. The summed E-state index contributed by atoms with van der Waals surface area (Å²) in [6, 6.07) is 5.48. The van der Waals surface area contributed by atoms with E-state index in [4.69, 9.17) is 11.6 Å². The number of halogens is 1. The van der Waals surface area contributed by atoms with E-state index in [0.29, 0.717) is 5.02 Å². The van der Waals surface area contributed by atoms with Crippen LogP contribution in [0.25, 0.3) is 10.9 Å². The number of aromatic amines is 1. The molecule has 0 saturated carbocycles. The predicted octanol–water partition coefficient (Wildman–Crippen LogP) is 3.14. The third-order valence-corrected chi connectivity index (χ3v) is 5.29. The number of benzene rings is 1. The zero-order valence-electron chi connectivity index (χ0n) is 9.70. The zero-order valence-corrected chi connectivity index (χ0v) is 11.3. The molecule has 92 valence electrons. The third kappa shape index (κ3) is 2.33. The molecule has 0 spiro atoms. The Bertz CT molecular complexity index is 644. The first-order chi connectivity index (χ1) is 7.92. The van der Waals surface area contributed by atoms with Crippen molar-refractivity contribution >= 4 is 32.3 Å². The fraction of sp³-hybridized carbons (Fsp3) is 0.333. The molecule has 1 N–H and O–H groups in total. The summed E-state index contributed by atoms with van der Waals surface area (Å²) < 4.78 is 23.8. The number of H-pyrrole nitrogens is 1. The first-order valence-corrected chi connectivity index (χ1v) is 7.47. The molecular weight excluding hydrogens is 258 g/mol. The fourth-order valence-electron chi connectivity index (χ4n) is 1.68. The van der Waals surface area contributed by atoms with Crippen molar-refractivity contribution in [3.8, 4) is 0 Å². The topological polar surface area (TPSA) is 49.9 Å².